The lowest BCUT2D eigenvalue weighted by Crippen LogP contribution is -2.01. The fourth-order valence-corrected chi connectivity index (χ4v) is 7.74. The predicted octanol–water partition coefficient (Wildman–Crippen LogP) is 13.2. The van der Waals surface area contributed by atoms with Gasteiger partial charge in [0.1, 0.15) is 22.3 Å². The highest BCUT2D eigenvalue weighted by Crippen LogP contribution is 2.42. The molecule has 0 fully saturated rings. The Hall–Kier alpha value is -7.37. The lowest BCUT2D eigenvalue weighted by Gasteiger charge is -2.12. The van der Waals surface area contributed by atoms with Crippen LogP contribution < -0.4 is 0 Å². The average molecular weight is 692 g/mol. The van der Waals surface area contributed by atoms with Crippen LogP contribution in [0, 0.1) is 0 Å². The zero-order valence-electron chi connectivity index (χ0n) is 28.9. The molecule has 3 aromatic heterocycles. The van der Waals surface area contributed by atoms with Gasteiger partial charge in [-0.3, -0.25) is 0 Å². The van der Waals surface area contributed by atoms with Gasteiger partial charge < -0.3 is 8.83 Å². The summed E-state index contributed by atoms with van der Waals surface area (Å²) in [4.78, 5) is 15.7. The van der Waals surface area contributed by atoms with E-state index in [1.807, 2.05) is 42.5 Å². The van der Waals surface area contributed by atoms with Gasteiger partial charge in [0.2, 0.25) is 0 Å². The molecule has 0 saturated heterocycles. The molecule has 8 aromatic carbocycles. The van der Waals surface area contributed by atoms with Gasteiger partial charge in [-0.05, 0) is 58.5 Å². The minimum atomic E-state index is 0.583. The van der Waals surface area contributed by atoms with Gasteiger partial charge in [-0.1, -0.05) is 140 Å². The van der Waals surface area contributed by atoms with Crippen molar-refractivity contribution < 1.29 is 8.83 Å². The van der Waals surface area contributed by atoms with Crippen LogP contribution in [0.4, 0.5) is 0 Å². The third-order valence-corrected chi connectivity index (χ3v) is 10.3. The summed E-state index contributed by atoms with van der Waals surface area (Å²) < 4.78 is 13.0. The van der Waals surface area contributed by atoms with Gasteiger partial charge in [-0.15, -0.1) is 0 Å². The van der Waals surface area contributed by atoms with Crippen molar-refractivity contribution >= 4 is 54.6 Å². The average Bonchev–Trinajstić information content (AvgIpc) is 3.82. The largest absolute Gasteiger partial charge is 0.456 e. The summed E-state index contributed by atoms with van der Waals surface area (Å²) in [6.45, 7) is 0. The summed E-state index contributed by atoms with van der Waals surface area (Å²) in [6, 6.07) is 60.4. The van der Waals surface area contributed by atoms with Crippen LogP contribution in [0.1, 0.15) is 0 Å². The lowest BCUT2D eigenvalue weighted by molar-refractivity contribution is 0.669. The molecule has 0 aliphatic rings. The second-order valence-electron chi connectivity index (χ2n) is 13.6. The number of rotatable bonds is 5. The zero-order chi connectivity index (χ0) is 35.6. The predicted molar refractivity (Wildman–Crippen MR) is 219 cm³/mol. The maximum atomic E-state index is 6.79. The molecular weight excluding hydrogens is 663 g/mol. The molecule has 0 aliphatic carbocycles. The number of furan rings is 2. The molecule has 0 bridgehead atoms. The van der Waals surface area contributed by atoms with Gasteiger partial charge in [0, 0.05) is 49.2 Å². The molecule has 0 spiro atoms. The Kier molecular flexibility index (Phi) is 6.79. The molecule has 11 rings (SSSR count). The molecule has 3 heterocycles. The van der Waals surface area contributed by atoms with E-state index in [0.717, 1.165) is 93.6 Å². The molecule has 0 unspecified atom stereocenters. The molecule has 0 aliphatic heterocycles. The highest BCUT2D eigenvalue weighted by atomic mass is 16.3. The topological polar surface area (TPSA) is 65.0 Å². The van der Waals surface area contributed by atoms with E-state index >= 15 is 0 Å². The fraction of sp³-hybridized carbons (Fsp3) is 0. The summed E-state index contributed by atoms with van der Waals surface area (Å²) in [6.07, 6.45) is 0. The van der Waals surface area contributed by atoms with E-state index < -0.39 is 0 Å². The van der Waals surface area contributed by atoms with Gasteiger partial charge in [-0.25, -0.2) is 15.0 Å². The summed E-state index contributed by atoms with van der Waals surface area (Å²) in [5.41, 5.74) is 10.4. The summed E-state index contributed by atoms with van der Waals surface area (Å²) in [5, 5.41) is 6.13. The monoisotopic (exact) mass is 691 g/mol. The van der Waals surface area contributed by atoms with Crippen molar-refractivity contribution in [1.82, 2.24) is 15.0 Å². The number of hydrogen-bond acceptors (Lipinski definition) is 5. The Labute approximate surface area is 309 Å². The number of para-hydroxylation sites is 2. The van der Waals surface area contributed by atoms with Crippen LogP contribution in [0.25, 0.3) is 111 Å². The molecular formula is C49H29N3O2. The van der Waals surface area contributed by atoms with Crippen LogP contribution in [0.5, 0.6) is 0 Å². The summed E-state index contributed by atoms with van der Waals surface area (Å²) in [7, 11) is 0. The fourth-order valence-electron chi connectivity index (χ4n) is 7.74. The first kappa shape index (κ1) is 30.3. The van der Waals surface area contributed by atoms with E-state index in [1.165, 1.54) is 0 Å². The van der Waals surface area contributed by atoms with Gasteiger partial charge in [-0.2, -0.15) is 0 Å². The SMILES string of the molecule is c1ccc(-c2cccc(-c3nc(-c4ccc5oc6ccccc6c5c4)nc(-c4cc5c6cccc(-c7ccccc7)c6oc5c5ccccc45)n3)c2)cc1. The second kappa shape index (κ2) is 12.1. The first-order valence-corrected chi connectivity index (χ1v) is 18.0. The highest BCUT2D eigenvalue weighted by Gasteiger charge is 2.21. The second-order valence-corrected chi connectivity index (χ2v) is 13.6. The molecule has 54 heavy (non-hydrogen) atoms. The van der Waals surface area contributed by atoms with E-state index in [-0.39, 0.29) is 0 Å². The van der Waals surface area contributed by atoms with Crippen molar-refractivity contribution in [2.45, 2.75) is 0 Å². The Bertz CT molecular complexity index is 3220. The van der Waals surface area contributed by atoms with Crippen LogP contribution in [-0.4, -0.2) is 15.0 Å². The summed E-state index contributed by atoms with van der Waals surface area (Å²) in [5.74, 6) is 1.77. The number of hydrogen-bond donors (Lipinski definition) is 0. The van der Waals surface area contributed by atoms with Crippen LogP contribution in [0.15, 0.2) is 185 Å². The first-order chi connectivity index (χ1) is 26.7. The van der Waals surface area contributed by atoms with Crippen molar-refractivity contribution in [3.05, 3.63) is 176 Å². The maximum Gasteiger partial charge on any atom is 0.164 e. The number of fused-ring (bicyclic) bond motifs is 8. The normalized spacial score (nSPS) is 11.7. The van der Waals surface area contributed by atoms with E-state index in [0.29, 0.717) is 17.5 Å². The third kappa shape index (κ3) is 4.90. The maximum absolute atomic E-state index is 6.79. The third-order valence-electron chi connectivity index (χ3n) is 10.3. The molecule has 0 N–H and O–H groups in total. The molecule has 252 valence electrons. The Morgan fingerprint density at radius 1 is 0.278 bits per heavy atom. The van der Waals surface area contributed by atoms with Crippen LogP contribution in [-0.2, 0) is 0 Å². The van der Waals surface area contributed by atoms with Crippen molar-refractivity contribution in [2.24, 2.45) is 0 Å². The van der Waals surface area contributed by atoms with E-state index in [1.54, 1.807) is 0 Å². The van der Waals surface area contributed by atoms with Gasteiger partial charge in [0.15, 0.2) is 17.5 Å². The lowest BCUT2D eigenvalue weighted by atomic mass is 9.98. The molecule has 5 heteroatoms. The van der Waals surface area contributed by atoms with Gasteiger partial charge in [0.05, 0.1) is 0 Å². The molecule has 0 amide bonds. The molecule has 0 radical (unpaired) electrons. The minimum absolute atomic E-state index is 0.583. The highest BCUT2D eigenvalue weighted by molar-refractivity contribution is 6.20. The van der Waals surface area contributed by atoms with Gasteiger partial charge in [0.25, 0.3) is 0 Å². The van der Waals surface area contributed by atoms with E-state index in [2.05, 4.69) is 133 Å². The molecule has 0 saturated carbocycles. The van der Waals surface area contributed by atoms with E-state index in [4.69, 9.17) is 23.8 Å². The minimum Gasteiger partial charge on any atom is -0.456 e. The molecule has 0 atom stereocenters. The number of aromatic nitrogens is 3. The van der Waals surface area contributed by atoms with Crippen molar-refractivity contribution in [3.8, 4) is 56.4 Å². The molecule has 5 nitrogen and oxygen atoms in total. The quantitative estimate of drug-likeness (QED) is 0.180. The van der Waals surface area contributed by atoms with E-state index in [9.17, 15) is 0 Å². The van der Waals surface area contributed by atoms with Crippen LogP contribution in [0.2, 0.25) is 0 Å². The Balaban J connectivity index is 1.17. The molecule has 11 aromatic rings. The Morgan fingerprint density at radius 3 is 1.67 bits per heavy atom. The van der Waals surface area contributed by atoms with Gasteiger partial charge >= 0.3 is 0 Å². The zero-order valence-corrected chi connectivity index (χ0v) is 28.9. The summed E-state index contributed by atoms with van der Waals surface area (Å²) >= 11 is 0. The number of benzene rings is 8. The van der Waals surface area contributed by atoms with Crippen LogP contribution >= 0.6 is 0 Å². The standard InChI is InChI=1S/C49H29N3O2/c1-3-13-30(14-4-1)32-17-11-18-33(27-32)47-50-48(34-25-26-44-40(28-34)37-20-9-10-24-43(37)53-44)52-49(51-47)42-29-41-39-23-12-22-35(31-15-5-2-6-16-31)45(39)54-46(41)38-21-8-7-19-36(38)42/h1-29H. The van der Waals surface area contributed by atoms with Crippen molar-refractivity contribution in [2.75, 3.05) is 0 Å². The smallest absolute Gasteiger partial charge is 0.164 e. The number of nitrogens with zero attached hydrogens (tertiary/aromatic N) is 3. The van der Waals surface area contributed by atoms with Crippen molar-refractivity contribution in [3.63, 3.8) is 0 Å². The van der Waals surface area contributed by atoms with Crippen LogP contribution in [0.3, 0.4) is 0 Å². The first-order valence-electron chi connectivity index (χ1n) is 18.0. The van der Waals surface area contributed by atoms with Crippen molar-refractivity contribution in [1.29, 1.82) is 0 Å². The Morgan fingerprint density at radius 2 is 0.852 bits per heavy atom.